The fraction of sp³-hybridized carbons (Fsp3) is 0.507. The summed E-state index contributed by atoms with van der Waals surface area (Å²) in [5, 5.41) is 66.0. The third-order valence-electron chi connectivity index (χ3n) is 16.7. The van der Waals surface area contributed by atoms with Gasteiger partial charge in [0.25, 0.3) is 0 Å². The van der Waals surface area contributed by atoms with E-state index in [1.54, 1.807) is 88.4 Å². The molecule has 0 bridgehead atoms. The number of carboxylic acids is 1. The zero-order valence-corrected chi connectivity index (χ0v) is 59.1. The van der Waals surface area contributed by atoms with Crippen molar-refractivity contribution in [1.29, 1.82) is 0 Å². The lowest BCUT2D eigenvalue weighted by Crippen LogP contribution is -2.61. The van der Waals surface area contributed by atoms with E-state index >= 15 is 0 Å². The van der Waals surface area contributed by atoms with Gasteiger partial charge in [-0.25, -0.2) is 9.78 Å². The van der Waals surface area contributed by atoms with Gasteiger partial charge in [0, 0.05) is 44.2 Å². The highest BCUT2D eigenvalue weighted by molar-refractivity contribution is 5.99. The molecular weight excluding hydrogens is 1350 g/mol. The number of nitrogens with zero attached hydrogens (tertiary/aromatic N) is 3. The van der Waals surface area contributed by atoms with Gasteiger partial charge in [-0.05, 0) is 105 Å². The van der Waals surface area contributed by atoms with E-state index in [0.29, 0.717) is 29.7 Å². The van der Waals surface area contributed by atoms with E-state index < -0.39 is 151 Å². The highest BCUT2D eigenvalue weighted by Crippen LogP contribution is 2.17. The average molecular weight is 1450 g/mol. The van der Waals surface area contributed by atoms with Crippen LogP contribution < -0.4 is 87.6 Å². The van der Waals surface area contributed by atoms with Crippen molar-refractivity contribution in [2.24, 2.45) is 56.2 Å². The van der Waals surface area contributed by atoms with Crippen LogP contribution in [0.2, 0.25) is 0 Å². The molecule has 4 aromatic rings. The molecule has 0 unspecified atom stereocenters. The van der Waals surface area contributed by atoms with Crippen LogP contribution in [0.25, 0.3) is 0 Å². The van der Waals surface area contributed by atoms with E-state index in [0.717, 1.165) is 5.56 Å². The number of benzene rings is 3. The molecule has 0 aliphatic rings. The van der Waals surface area contributed by atoms with E-state index in [1.165, 1.54) is 36.8 Å². The van der Waals surface area contributed by atoms with Crippen molar-refractivity contribution in [2.45, 2.75) is 178 Å². The van der Waals surface area contributed by atoms with Gasteiger partial charge in [-0.1, -0.05) is 107 Å². The van der Waals surface area contributed by atoms with Crippen LogP contribution in [0, 0.1) is 11.8 Å². The molecule has 0 saturated heterocycles. The topological polar surface area (TPSA) is 599 Å². The van der Waals surface area contributed by atoms with Crippen molar-refractivity contribution in [3.63, 3.8) is 0 Å². The number of carboxylic acid groups (broad SMARTS) is 1. The smallest absolute Gasteiger partial charge is 0.328 e. The molecule has 1 aromatic heterocycles. The largest absolute Gasteiger partial charge is 0.508 e. The lowest BCUT2D eigenvalue weighted by atomic mass is 9.95. The van der Waals surface area contributed by atoms with Gasteiger partial charge in [-0.15, -0.1) is 0 Å². The van der Waals surface area contributed by atoms with Crippen molar-refractivity contribution < 1.29 is 73.2 Å². The summed E-state index contributed by atoms with van der Waals surface area (Å²) in [6.07, 6.45) is 2.82. The van der Waals surface area contributed by atoms with E-state index in [4.69, 9.17) is 34.4 Å². The molecule has 10 amide bonds. The Labute approximate surface area is 603 Å². The molecule has 0 fully saturated rings. The second-order valence-corrected chi connectivity index (χ2v) is 25.6. The van der Waals surface area contributed by atoms with Crippen LogP contribution >= 0.6 is 0 Å². The van der Waals surface area contributed by atoms with Gasteiger partial charge >= 0.3 is 5.97 Å². The number of hydrogen-bond acceptors (Lipinski definition) is 19. The highest BCUT2D eigenvalue weighted by Gasteiger charge is 2.38. The summed E-state index contributed by atoms with van der Waals surface area (Å²) in [5.74, 6) is -12.1. The maximum Gasteiger partial charge on any atom is 0.328 e. The second-order valence-electron chi connectivity index (χ2n) is 25.6. The van der Waals surface area contributed by atoms with E-state index in [-0.39, 0.29) is 114 Å². The number of hydrogen-bond donors (Lipinski definition) is 21. The number of H-pyrrole nitrogens is 1. The Morgan fingerprint density at radius 2 is 0.865 bits per heavy atom. The number of aliphatic imine (C=N–C) groups is 2. The maximum atomic E-state index is 14.8. The molecule has 27 N–H and O–H groups in total. The molecule has 0 aliphatic carbocycles. The molecule has 0 radical (unpaired) electrons. The van der Waals surface area contributed by atoms with Gasteiger partial charge in [0.05, 0.1) is 25.6 Å². The lowest BCUT2D eigenvalue weighted by Gasteiger charge is -2.30. The number of imidazole rings is 1. The number of guanidine groups is 2. The predicted octanol–water partition coefficient (Wildman–Crippen LogP) is -4.04. The summed E-state index contributed by atoms with van der Waals surface area (Å²) in [6, 6.07) is 7.11. The standard InChI is InChI=1S/C69H104N20O15/c1-5-40(4)56(66(102)86-52(32-42-18-10-7-11-19-42)62(98)88-55(37-91)67(103)104)89-64(100)50(30-39(2)3)84-60(96)49(22-15-29-78-69(74)75)81-59(95)48(21-14-28-77-68(72)73)80-58(94)47(20-12-13-27-70)82-65(101)54(36-90)87-63(99)53(34-44-35-76-38-79-44)85-61(97)51(33-43-23-25-45(92)26-24-43)83-57(93)46(71)31-41-16-8-6-9-17-41/h6-11,16-19,23-26,35,38-40,46-56,90-92H,5,12-15,20-22,27-34,36-37,70-71H2,1-4H3,(H,76,79)(H,80,94)(H,81,95)(H,82,101)(H,83,93)(H,84,96)(H,85,97)(H,86,102)(H,87,99)(H,88,98)(H,89,100)(H,103,104)(H4,72,73,77)(H4,74,75,78)/t40-,46-,47-,48-,49-,50-,51-,52-,53-,54-,55-,56-/m0/s1. The molecule has 35 nitrogen and oxygen atoms in total. The van der Waals surface area contributed by atoms with Crippen LogP contribution in [0.1, 0.15) is 108 Å². The quantitative estimate of drug-likeness (QED) is 0.0114. The van der Waals surface area contributed by atoms with Crippen molar-refractivity contribution in [3.8, 4) is 5.75 Å². The van der Waals surface area contributed by atoms with E-state index in [9.17, 15) is 73.2 Å². The molecule has 0 saturated carbocycles. The number of aromatic hydroxyl groups is 1. The zero-order valence-electron chi connectivity index (χ0n) is 59.1. The van der Waals surface area contributed by atoms with Crippen molar-refractivity contribution in [3.05, 3.63) is 120 Å². The molecule has 0 aliphatic heterocycles. The molecule has 12 atom stereocenters. The number of phenols is 1. The van der Waals surface area contributed by atoms with Gasteiger partial charge < -0.3 is 113 Å². The first-order valence-corrected chi connectivity index (χ1v) is 34.4. The number of aliphatic carboxylic acids is 1. The summed E-state index contributed by atoms with van der Waals surface area (Å²) < 4.78 is 0. The maximum absolute atomic E-state index is 14.8. The molecule has 104 heavy (non-hydrogen) atoms. The Balaban J connectivity index is 1.63. The molecule has 1 heterocycles. The first-order chi connectivity index (χ1) is 49.5. The van der Waals surface area contributed by atoms with Crippen LogP contribution in [0.4, 0.5) is 0 Å². The Kier molecular flexibility index (Phi) is 37.3. The summed E-state index contributed by atoms with van der Waals surface area (Å²) in [7, 11) is 0. The molecule has 35 heteroatoms. The van der Waals surface area contributed by atoms with Crippen LogP contribution in [-0.2, 0) is 78.4 Å². The zero-order chi connectivity index (χ0) is 76.8. The average Bonchev–Trinajstić information content (AvgIpc) is 1.02. The van der Waals surface area contributed by atoms with Crippen LogP contribution in [0.15, 0.2) is 107 Å². The number of carbonyl (C=O) groups excluding carboxylic acids is 10. The van der Waals surface area contributed by atoms with Gasteiger partial charge in [-0.2, -0.15) is 0 Å². The Bertz CT molecular complexity index is 3450. The first-order valence-electron chi connectivity index (χ1n) is 34.4. The number of nitrogens with one attached hydrogen (secondary N) is 11. The lowest BCUT2D eigenvalue weighted by molar-refractivity contribution is -0.143. The van der Waals surface area contributed by atoms with Gasteiger partial charge in [0.2, 0.25) is 59.1 Å². The predicted molar refractivity (Wildman–Crippen MR) is 385 cm³/mol. The third-order valence-corrected chi connectivity index (χ3v) is 16.7. The number of nitrogens with two attached hydrogens (primary N) is 6. The summed E-state index contributed by atoms with van der Waals surface area (Å²) in [4.78, 5) is 170. The van der Waals surface area contributed by atoms with Crippen molar-refractivity contribution in [2.75, 3.05) is 32.8 Å². The molecule has 0 spiro atoms. The minimum atomic E-state index is -1.79. The highest BCUT2D eigenvalue weighted by atomic mass is 16.4. The van der Waals surface area contributed by atoms with Crippen LogP contribution in [0.3, 0.4) is 0 Å². The molecule has 570 valence electrons. The van der Waals surface area contributed by atoms with E-state index in [1.807, 2.05) is 0 Å². The van der Waals surface area contributed by atoms with Crippen LogP contribution in [-0.4, -0.2) is 207 Å². The fourth-order valence-corrected chi connectivity index (χ4v) is 10.7. The number of aromatic nitrogens is 2. The number of aliphatic hydroxyl groups excluding tert-OH is 2. The number of rotatable bonds is 47. The number of amides is 10. The van der Waals surface area contributed by atoms with E-state index in [2.05, 4.69) is 73.1 Å². The summed E-state index contributed by atoms with van der Waals surface area (Å²) >= 11 is 0. The number of aromatic amines is 1. The number of aliphatic hydroxyl groups is 2. The number of unbranched alkanes of at least 4 members (excludes halogenated alkanes) is 1. The van der Waals surface area contributed by atoms with Crippen LogP contribution in [0.5, 0.6) is 5.75 Å². The number of carbonyl (C=O) groups is 11. The number of phenolic OH excluding ortho intramolecular Hbond substituents is 1. The molecular formula is C69H104N20O15. The minimum absolute atomic E-state index is 0.0156. The summed E-state index contributed by atoms with van der Waals surface area (Å²) in [6.45, 7) is 5.03. The Morgan fingerprint density at radius 3 is 1.31 bits per heavy atom. The van der Waals surface area contributed by atoms with Crippen molar-refractivity contribution >= 4 is 77.0 Å². The Morgan fingerprint density at radius 1 is 0.471 bits per heavy atom. The SMILES string of the molecule is CC[C@H](C)[C@H](NC(=O)[C@H](CC(C)C)NC(=O)[C@H](CCCN=C(N)N)NC(=O)[C@H](CCCN=C(N)N)NC(=O)[C@H](CCCCN)NC(=O)[C@H](CO)NC(=O)[C@H](Cc1cnc[nH]1)NC(=O)[C@H](Cc1ccc(O)cc1)NC(=O)[C@@H](N)Cc1ccccc1)C(=O)N[C@@H](Cc1ccccc1)C(=O)N[C@@H](CO)C(=O)O. The first kappa shape index (κ1) is 85.6. The summed E-state index contributed by atoms with van der Waals surface area (Å²) in [5.41, 5.74) is 36.8. The van der Waals surface area contributed by atoms with Gasteiger partial charge in [0.1, 0.15) is 66.2 Å². The Hall–Kier alpha value is -10.8. The van der Waals surface area contributed by atoms with Crippen molar-refractivity contribution in [1.82, 2.24) is 63.1 Å². The minimum Gasteiger partial charge on any atom is -0.508 e. The third kappa shape index (κ3) is 30.8. The normalized spacial score (nSPS) is 14.5. The monoisotopic (exact) mass is 1450 g/mol. The second kappa shape index (κ2) is 45.3. The molecule has 3 aromatic carbocycles. The molecule has 4 rings (SSSR count). The fourth-order valence-electron chi connectivity index (χ4n) is 10.7. The van der Waals surface area contributed by atoms with Gasteiger partial charge in [-0.3, -0.25) is 57.9 Å². The van der Waals surface area contributed by atoms with Gasteiger partial charge in [0.15, 0.2) is 11.9 Å².